The number of hydrogen-bond donors (Lipinski definition) is 2. The van der Waals surface area contributed by atoms with Crippen molar-refractivity contribution in [3.8, 4) is 6.01 Å². The van der Waals surface area contributed by atoms with Crippen molar-refractivity contribution in [1.29, 1.82) is 5.41 Å². The van der Waals surface area contributed by atoms with Gasteiger partial charge in [-0.05, 0) is 49.4 Å². The predicted molar refractivity (Wildman–Crippen MR) is 173 cm³/mol. The Morgan fingerprint density at radius 2 is 2.09 bits per heavy atom. The maximum absolute atomic E-state index is 14.5. The van der Waals surface area contributed by atoms with Crippen molar-refractivity contribution >= 4 is 40.6 Å². The van der Waals surface area contributed by atoms with Gasteiger partial charge in [-0.1, -0.05) is 35.3 Å². The molecule has 1 aromatic carbocycles. The number of nitrogens with zero attached hydrogens (tertiary/aromatic N) is 5. The summed E-state index contributed by atoms with van der Waals surface area (Å²) in [6.07, 6.45) is 4.57. The molecule has 0 radical (unpaired) electrons. The highest BCUT2D eigenvalue weighted by Crippen LogP contribution is 2.49. The normalized spacial score (nSPS) is 28.5. The third-order valence-electron chi connectivity index (χ3n) is 10.4. The van der Waals surface area contributed by atoms with Crippen molar-refractivity contribution in [1.82, 2.24) is 19.8 Å². The van der Waals surface area contributed by atoms with Crippen molar-refractivity contribution in [2.24, 2.45) is 0 Å². The van der Waals surface area contributed by atoms with E-state index in [-0.39, 0.29) is 22.3 Å². The maximum Gasteiger partial charge on any atom is 0.318 e. The molecule has 1 unspecified atom stereocenters. The van der Waals surface area contributed by atoms with Gasteiger partial charge < -0.3 is 24.6 Å². The number of nitrogens with one attached hydrogen (secondary N) is 1. The second kappa shape index (κ2) is 12.3. The lowest BCUT2D eigenvalue weighted by Crippen LogP contribution is -2.83. The molecule has 1 aliphatic carbocycles. The predicted octanol–water partition coefficient (Wildman–Crippen LogP) is 3.33. The van der Waals surface area contributed by atoms with Gasteiger partial charge in [0.15, 0.2) is 0 Å². The number of benzene rings is 1. The fraction of sp³-hybridized carbons (Fsp3) is 0.576. The SMILES string of the molecule is CN(C)C(=O)C(=N)/C(Cl)=C1/CN(c2nc(OC[C@@]34CCCN3CC(F)C4)nc3c2CO[C@@]2(CCc4c(Cl)cccc42)C3)CCC[NH2+]1. The van der Waals surface area contributed by atoms with E-state index in [9.17, 15) is 9.18 Å². The Morgan fingerprint density at radius 1 is 1.24 bits per heavy atom. The molecule has 5 aliphatic rings. The number of fused-ring (bicyclic) bond motifs is 4. The summed E-state index contributed by atoms with van der Waals surface area (Å²) in [7, 11) is 3.22. The zero-order valence-corrected chi connectivity index (χ0v) is 27.9. The van der Waals surface area contributed by atoms with Crippen molar-refractivity contribution in [3.63, 3.8) is 0 Å². The molecule has 4 aliphatic heterocycles. The lowest BCUT2D eigenvalue weighted by molar-refractivity contribution is -0.605. The Balaban J connectivity index is 1.25. The molecular formula is C33H41Cl2FN7O3+. The highest BCUT2D eigenvalue weighted by molar-refractivity contribution is 6.58. The molecule has 3 saturated heterocycles. The van der Waals surface area contributed by atoms with Gasteiger partial charge in [0.1, 0.15) is 35.0 Å². The third kappa shape index (κ3) is 5.57. The first-order valence-corrected chi connectivity index (χ1v) is 17.0. The van der Waals surface area contributed by atoms with Crippen LogP contribution in [0.1, 0.15) is 54.5 Å². The summed E-state index contributed by atoms with van der Waals surface area (Å²) in [5.41, 5.74) is 3.62. The molecule has 1 aromatic heterocycles. The van der Waals surface area contributed by atoms with Gasteiger partial charge >= 0.3 is 6.01 Å². The van der Waals surface area contributed by atoms with Crippen LogP contribution in [-0.4, -0.2) is 96.5 Å². The zero-order valence-electron chi connectivity index (χ0n) is 26.4. The van der Waals surface area contributed by atoms with Crippen LogP contribution in [0.3, 0.4) is 0 Å². The Kier molecular flexibility index (Phi) is 8.50. The number of aromatic nitrogens is 2. The van der Waals surface area contributed by atoms with Gasteiger partial charge in [0, 0.05) is 57.0 Å². The first-order valence-electron chi connectivity index (χ1n) is 16.2. The fourth-order valence-electron chi connectivity index (χ4n) is 8.05. The topological polar surface area (TPSA) is 111 Å². The molecule has 1 spiro atoms. The summed E-state index contributed by atoms with van der Waals surface area (Å²) >= 11 is 13.3. The Labute approximate surface area is 278 Å². The van der Waals surface area contributed by atoms with E-state index in [1.165, 1.54) is 4.90 Å². The van der Waals surface area contributed by atoms with E-state index in [2.05, 4.69) is 15.9 Å². The average molecular weight is 674 g/mol. The second-order valence-corrected chi connectivity index (χ2v) is 14.3. The largest absolute Gasteiger partial charge is 0.461 e. The Hall–Kier alpha value is -2.83. The van der Waals surface area contributed by atoms with Crippen LogP contribution in [0.5, 0.6) is 6.01 Å². The van der Waals surface area contributed by atoms with Gasteiger partial charge in [0.2, 0.25) is 0 Å². The molecule has 1 amide bonds. The van der Waals surface area contributed by atoms with Crippen LogP contribution in [0.4, 0.5) is 10.2 Å². The quantitative estimate of drug-likeness (QED) is 0.453. The van der Waals surface area contributed by atoms with E-state index in [0.29, 0.717) is 57.2 Å². The molecule has 10 nitrogen and oxygen atoms in total. The van der Waals surface area contributed by atoms with Crippen LogP contribution < -0.4 is 15.0 Å². The highest BCUT2D eigenvalue weighted by Gasteiger charge is 2.50. The number of hydrogen-bond acceptors (Lipinski definition) is 8. The minimum Gasteiger partial charge on any atom is -0.461 e. The number of amides is 1. The van der Waals surface area contributed by atoms with Crippen LogP contribution in [0.2, 0.25) is 5.02 Å². The summed E-state index contributed by atoms with van der Waals surface area (Å²) in [4.78, 5) is 28.3. The maximum atomic E-state index is 14.5. The number of anilines is 1. The second-order valence-electron chi connectivity index (χ2n) is 13.5. The Morgan fingerprint density at radius 3 is 2.91 bits per heavy atom. The number of alkyl halides is 1. The lowest BCUT2D eigenvalue weighted by Gasteiger charge is -2.37. The van der Waals surface area contributed by atoms with Crippen LogP contribution in [0.15, 0.2) is 28.9 Å². The molecule has 3 N–H and O–H groups in total. The molecule has 3 atom stereocenters. The van der Waals surface area contributed by atoms with E-state index in [1.807, 2.05) is 17.4 Å². The first-order chi connectivity index (χ1) is 22.1. The van der Waals surface area contributed by atoms with Crippen molar-refractivity contribution in [2.45, 2.75) is 68.9 Å². The van der Waals surface area contributed by atoms with E-state index in [4.69, 9.17) is 48.1 Å². The number of carbonyl (C=O) groups is 1. The van der Waals surface area contributed by atoms with Gasteiger partial charge in [-0.25, -0.2) is 4.39 Å². The van der Waals surface area contributed by atoms with Crippen molar-refractivity contribution < 1.29 is 24.0 Å². The molecule has 0 bridgehead atoms. The van der Waals surface area contributed by atoms with Gasteiger partial charge in [0.05, 0.1) is 36.5 Å². The fourth-order valence-corrected chi connectivity index (χ4v) is 8.54. The molecule has 5 heterocycles. The van der Waals surface area contributed by atoms with E-state index in [0.717, 1.165) is 72.6 Å². The van der Waals surface area contributed by atoms with Crippen molar-refractivity contribution in [2.75, 3.05) is 58.3 Å². The number of halogens is 3. The Bertz CT molecular complexity index is 1610. The summed E-state index contributed by atoms with van der Waals surface area (Å²) in [5, 5.41) is 11.4. The van der Waals surface area contributed by atoms with Crippen LogP contribution in [0, 0.1) is 5.41 Å². The molecule has 13 heteroatoms. The van der Waals surface area contributed by atoms with E-state index >= 15 is 0 Å². The lowest BCUT2D eigenvalue weighted by atomic mass is 9.87. The van der Waals surface area contributed by atoms with E-state index < -0.39 is 17.7 Å². The number of carbonyl (C=O) groups excluding carboxylic acids is 1. The van der Waals surface area contributed by atoms with E-state index in [1.54, 1.807) is 14.1 Å². The average Bonchev–Trinajstić information content (AvgIpc) is 3.61. The van der Waals surface area contributed by atoms with Crippen LogP contribution >= 0.6 is 23.2 Å². The zero-order chi connectivity index (χ0) is 32.2. The molecule has 46 heavy (non-hydrogen) atoms. The third-order valence-corrected chi connectivity index (χ3v) is 11.2. The smallest absolute Gasteiger partial charge is 0.318 e. The monoisotopic (exact) mass is 672 g/mol. The minimum absolute atomic E-state index is 0.141. The summed E-state index contributed by atoms with van der Waals surface area (Å²) in [5.74, 6) is 0.257. The summed E-state index contributed by atoms with van der Waals surface area (Å²) < 4.78 is 27.7. The number of nitrogens with two attached hydrogens (primary N) is 1. The summed E-state index contributed by atoms with van der Waals surface area (Å²) in [6, 6.07) is 6.29. The molecular weight excluding hydrogens is 632 g/mol. The van der Waals surface area contributed by atoms with Gasteiger partial charge in [-0.15, -0.1) is 0 Å². The van der Waals surface area contributed by atoms with Crippen molar-refractivity contribution in [3.05, 3.63) is 56.3 Å². The molecule has 0 saturated carbocycles. The minimum atomic E-state index is -0.850. The van der Waals surface area contributed by atoms with Crippen LogP contribution in [-0.2, 0) is 34.6 Å². The highest BCUT2D eigenvalue weighted by atomic mass is 35.5. The summed E-state index contributed by atoms with van der Waals surface area (Å²) in [6.45, 7) is 3.80. The first kappa shape index (κ1) is 31.8. The van der Waals surface area contributed by atoms with Gasteiger partial charge in [0.25, 0.3) is 5.91 Å². The van der Waals surface area contributed by atoms with Gasteiger partial charge in [-0.3, -0.25) is 15.1 Å². The molecule has 7 rings (SSSR count). The number of rotatable bonds is 6. The number of ether oxygens (including phenoxy) is 2. The molecule has 246 valence electrons. The number of quaternary nitrogens is 1. The van der Waals surface area contributed by atoms with Crippen LogP contribution in [0.25, 0.3) is 0 Å². The standard InChI is InChI=1S/C33H40Cl2FN7O3/c1-41(2)30(44)28(37)27(35)26-17-42(12-5-11-38-26)29-22-18-46-33(10-8-21-23(33)6-3-7-24(21)34)15-25(22)39-31(40-29)45-19-32-9-4-13-43(32)16-20(36)14-32/h3,6-7,20,37-38H,4-5,8-19H2,1-2H3/p+1/b27-26+,37-28?/t20?,32-,33-/m0/s1. The van der Waals surface area contributed by atoms with Gasteiger partial charge in [-0.2, -0.15) is 9.97 Å². The molecule has 3 fully saturated rings. The molecule has 2 aromatic rings.